The van der Waals surface area contributed by atoms with Crippen molar-refractivity contribution in [3.05, 3.63) is 78.0 Å². The Labute approximate surface area is 347 Å². The lowest BCUT2D eigenvalue weighted by Gasteiger charge is -2.48. The number of hydrogen-bond donors (Lipinski definition) is 4. The number of esters is 1. The molecule has 0 radical (unpaired) electrons. The third-order valence-corrected chi connectivity index (χ3v) is 10.9. The van der Waals surface area contributed by atoms with E-state index in [1.54, 1.807) is 24.3 Å². The molecule has 2 aliphatic rings. The van der Waals surface area contributed by atoms with Crippen LogP contribution in [-0.4, -0.2) is 109 Å². The van der Waals surface area contributed by atoms with Crippen LogP contribution in [0.2, 0.25) is 0 Å². The number of likely N-dealkylation sites (tertiary alicyclic amines) is 1. The number of carbonyl (C=O) groups is 5. The van der Waals surface area contributed by atoms with Crippen LogP contribution in [0.25, 0.3) is 10.9 Å². The van der Waals surface area contributed by atoms with Crippen LogP contribution in [0.1, 0.15) is 88.7 Å². The van der Waals surface area contributed by atoms with E-state index in [0.717, 1.165) is 49.5 Å². The second-order valence-corrected chi connectivity index (χ2v) is 16.8. The first-order valence-corrected chi connectivity index (χ1v) is 21.0. The summed E-state index contributed by atoms with van der Waals surface area (Å²) >= 11 is 0. The van der Waals surface area contributed by atoms with Crippen molar-refractivity contribution < 1.29 is 38.2 Å². The molecular formula is C45H62N6O8. The van der Waals surface area contributed by atoms with Gasteiger partial charge in [0.05, 0.1) is 37.2 Å². The maximum atomic E-state index is 14.3. The normalized spacial score (nSPS) is 19.8. The fraction of sp³-hybridized carbons (Fsp3) is 0.556. The van der Waals surface area contributed by atoms with Gasteiger partial charge in [-0.2, -0.15) is 0 Å². The third kappa shape index (κ3) is 13.8. The van der Waals surface area contributed by atoms with Crippen LogP contribution in [0.5, 0.6) is 0 Å². The van der Waals surface area contributed by atoms with Gasteiger partial charge in [-0.3, -0.25) is 24.1 Å². The molecule has 14 nitrogen and oxygen atoms in total. The van der Waals surface area contributed by atoms with Gasteiger partial charge >= 0.3 is 5.97 Å². The van der Waals surface area contributed by atoms with Gasteiger partial charge in [0.15, 0.2) is 0 Å². The van der Waals surface area contributed by atoms with Gasteiger partial charge in [0.1, 0.15) is 24.4 Å². The molecule has 2 heterocycles. The molecule has 0 bridgehead atoms. The largest absolute Gasteiger partial charge is 0.457 e. The predicted octanol–water partition coefficient (Wildman–Crippen LogP) is 4.09. The molecule has 5 N–H and O–H groups in total. The summed E-state index contributed by atoms with van der Waals surface area (Å²) in [6.45, 7) is 9.32. The second-order valence-electron chi connectivity index (χ2n) is 16.8. The number of nitrogens with two attached hydrogens (primary N) is 1. The molecule has 320 valence electrons. The van der Waals surface area contributed by atoms with E-state index in [1.807, 2.05) is 70.2 Å². The van der Waals surface area contributed by atoms with Gasteiger partial charge in [-0.1, -0.05) is 80.8 Å². The van der Waals surface area contributed by atoms with Crippen LogP contribution in [-0.2, 0) is 39.8 Å². The number of rotatable bonds is 20. The fourth-order valence-electron chi connectivity index (χ4n) is 8.22. The summed E-state index contributed by atoms with van der Waals surface area (Å²) in [6, 6.07) is 17.3. The molecule has 2 fully saturated rings. The molecule has 0 unspecified atom stereocenters. The number of para-hydroxylation sites is 1. The van der Waals surface area contributed by atoms with Gasteiger partial charge in [0.25, 0.3) is 5.91 Å². The SMILES string of the molecule is CCCOCCOCC(=O)O[C@H](CN1CC[C@H]2CCCC[C@H]2[C@H]1C(=O)NC(C)(C)C)[C@H](Cc1ccccc1)NC(=O)[C@H](CC(N)=O)NC(=O)c1ccc2ccccc2n1. The summed E-state index contributed by atoms with van der Waals surface area (Å²) in [7, 11) is 0. The number of nitrogens with zero attached hydrogens (tertiary/aromatic N) is 2. The molecule has 1 aliphatic heterocycles. The van der Waals surface area contributed by atoms with Crippen molar-refractivity contribution in [3.8, 4) is 0 Å². The van der Waals surface area contributed by atoms with Gasteiger partial charge in [0.2, 0.25) is 17.7 Å². The maximum absolute atomic E-state index is 14.3. The number of benzene rings is 2. The highest BCUT2D eigenvalue weighted by Gasteiger charge is 2.45. The topological polar surface area (TPSA) is 191 Å². The molecule has 2 aromatic carbocycles. The van der Waals surface area contributed by atoms with Gasteiger partial charge in [-0.25, -0.2) is 9.78 Å². The van der Waals surface area contributed by atoms with Gasteiger partial charge in [-0.05, 0) is 82.5 Å². The Bertz CT molecular complexity index is 1870. The number of hydrogen-bond acceptors (Lipinski definition) is 10. The number of ether oxygens (including phenoxy) is 3. The first-order valence-electron chi connectivity index (χ1n) is 21.0. The first kappa shape index (κ1) is 45.2. The number of primary amides is 1. The lowest BCUT2D eigenvalue weighted by Crippen LogP contribution is -2.63. The quantitative estimate of drug-likeness (QED) is 0.0955. The number of carbonyl (C=O) groups excluding carboxylic acids is 5. The zero-order valence-electron chi connectivity index (χ0n) is 35.0. The summed E-state index contributed by atoms with van der Waals surface area (Å²) in [5.41, 5.74) is 6.65. The average Bonchev–Trinajstić information content (AvgIpc) is 3.20. The Morgan fingerprint density at radius 1 is 0.881 bits per heavy atom. The van der Waals surface area contributed by atoms with Crippen molar-refractivity contribution in [2.75, 3.05) is 39.5 Å². The summed E-state index contributed by atoms with van der Waals surface area (Å²) < 4.78 is 17.4. The minimum Gasteiger partial charge on any atom is -0.457 e. The lowest BCUT2D eigenvalue weighted by molar-refractivity contribution is -0.160. The van der Waals surface area contributed by atoms with E-state index in [1.165, 1.54) is 0 Å². The molecule has 3 aromatic rings. The van der Waals surface area contributed by atoms with E-state index in [0.29, 0.717) is 31.2 Å². The van der Waals surface area contributed by atoms with E-state index < -0.39 is 59.9 Å². The van der Waals surface area contributed by atoms with Crippen LogP contribution in [0, 0.1) is 11.8 Å². The van der Waals surface area contributed by atoms with Crippen molar-refractivity contribution in [1.82, 2.24) is 25.8 Å². The Morgan fingerprint density at radius 2 is 1.61 bits per heavy atom. The number of nitrogens with one attached hydrogen (secondary N) is 3. The summed E-state index contributed by atoms with van der Waals surface area (Å²) in [5.74, 6) is -2.38. The molecule has 1 saturated carbocycles. The highest BCUT2D eigenvalue weighted by Crippen LogP contribution is 2.40. The highest BCUT2D eigenvalue weighted by molar-refractivity contribution is 5.99. The molecule has 1 saturated heterocycles. The number of piperidine rings is 1. The van der Waals surface area contributed by atoms with Crippen molar-refractivity contribution in [2.45, 2.75) is 109 Å². The minimum atomic E-state index is -1.38. The zero-order valence-corrected chi connectivity index (χ0v) is 35.0. The molecular weight excluding hydrogens is 753 g/mol. The van der Waals surface area contributed by atoms with E-state index in [4.69, 9.17) is 19.9 Å². The number of fused-ring (bicyclic) bond motifs is 2. The average molecular weight is 815 g/mol. The first-order chi connectivity index (χ1) is 28.3. The van der Waals surface area contributed by atoms with Crippen LogP contribution < -0.4 is 21.7 Å². The number of aromatic nitrogens is 1. The van der Waals surface area contributed by atoms with Gasteiger partial charge in [-0.15, -0.1) is 0 Å². The standard InChI is InChI=1S/C45H62N6O8/c1-5-23-57-24-25-58-29-40(53)59-38(28-51-22-21-31-15-9-11-17-33(31)41(51)44(56)50-45(2,3)4)36(26-30-13-7-6-8-14-30)48-43(55)37(27-39(46)52)49-42(54)35-20-19-32-16-10-12-18-34(32)47-35/h6-8,10,12-14,16,18-20,31,33,36-38,41H,5,9,11,15,17,21-29H2,1-4H3,(H2,46,52)(H,48,55)(H,49,54)(H,50,56)/t31-,33-,36+,37+,38-,41+/m1/s1. The Kier molecular flexibility index (Phi) is 16.8. The number of pyridine rings is 1. The van der Waals surface area contributed by atoms with Gasteiger partial charge < -0.3 is 35.9 Å². The van der Waals surface area contributed by atoms with E-state index in [9.17, 15) is 24.0 Å². The molecule has 1 aromatic heterocycles. The smallest absolute Gasteiger partial charge is 0.332 e. The zero-order chi connectivity index (χ0) is 42.4. The third-order valence-electron chi connectivity index (χ3n) is 10.9. The molecule has 4 amide bonds. The maximum Gasteiger partial charge on any atom is 0.332 e. The van der Waals surface area contributed by atoms with Crippen molar-refractivity contribution >= 4 is 40.5 Å². The molecule has 5 rings (SSSR count). The van der Waals surface area contributed by atoms with Crippen molar-refractivity contribution in [3.63, 3.8) is 0 Å². The molecule has 0 spiro atoms. The monoisotopic (exact) mass is 814 g/mol. The van der Waals surface area contributed by atoms with Crippen LogP contribution in [0.15, 0.2) is 66.7 Å². The highest BCUT2D eigenvalue weighted by atomic mass is 16.6. The van der Waals surface area contributed by atoms with E-state index in [-0.39, 0.29) is 43.7 Å². The van der Waals surface area contributed by atoms with Gasteiger partial charge in [0, 0.05) is 24.1 Å². The lowest BCUT2D eigenvalue weighted by atomic mass is 9.70. The fourth-order valence-corrected chi connectivity index (χ4v) is 8.22. The van der Waals surface area contributed by atoms with Crippen molar-refractivity contribution in [1.29, 1.82) is 0 Å². The van der Waals surface area contributed by atoms with Crippen molar-refractivity contribution in [2.24, 2.45) is 17.6 Å². The predicted molar refractivity (Wildman–Crippen MR) is 224 cm³/mol. The molecule has 6 atom stereocenters. The summed E-state index contributed by atoms with van der Waals surface area (Å²) in [5, 5.41) is 9.75. The minimum absolute atomic E-state index is 0.0596. The number of amides is 4. The summed E-state index contributed by atoms with van der Waals surface area (Å²) in [4.78, 5) is 74.6. The Hall–Kier alpha value is -4.92. The Balaban J connectivity index is 1.45. The van der Waals surface area contributed by atoms with E-state index >= 15 is 0 Å². The van der Waals surface area contributed by atoms with Crippen LogP contribution in [0.4, 0.5) is 0 Å². The second kappa shape index (κ2) is 21.9. The molecule has 14 heteroatoms. The van der Waals surface area contributed by atoms with E-state index in [2.05, 4.69) is 25.8 Å². The van der Waals surface area contributed by atoms with Crippen LogP contribution >= 0.6 is 0 Å². The molecule has 1 aliphatic carbocycles. The summed E-state index contributed by atoms with van der Waals surface area (Å²) in [6.07, 6.45) is 4.61. The Morgan fingerprint density at radius 3 is 2.36 bits per heavy atom. The van der Waals surface area contributed by atoms with Crippen LogP contribution in [0.3, 0.4) is 0 Å². The molecule has 59 heavy (non-hydrogen) atoms.